The summed E-state index contributed by atoms with van der Waals surface area (Å²) in [6.45, 7) is 2.68. The van der Waals surface area contributed by atoms with Crippen molar-refractivity contribution in [2.24, 2.45) is 0 Å². The molecule has 0 amide bonds. The first-order chi connectivity index (χ1) is 8.74. The van der Waals surface area contributed by atoms with E-state index in [1.54, 1.807) is 0 Å². The van der Waals surface area contributed by atoms with E-state index < -0.39 is 0 Å². The number of anilines is 2. The maximum Gasteiger partial charge on any atom is 0.325 e. The molecule has 3 N–H and O–H groups in total. The van der Waals surface area contributed by atoms with Crippen molar-refractivity contribution in [3.05, 3.63) is 6.33 Å². The van der Waals surface area contributed by atoms with Crippen molar-refractivity contribution in [3.63, 3.8) is 0 Å². The molecule has 0 bridgehead atoms. The lowest BCUT2D eigenvalue weighted by molar-refractivity contribution is -0.138. The highest BCUT2D eigenvalue weighted by Crippen LogP contribution is 2.18. The van der Waals surface area contributed by atoms with Crippen LogP contribution in [0.15, 0.2) is 6.33 Å². The summed E-state index contributed by atoms with van der Waals surface area (Å²) in [5, 5.41) is 5.89. The maximum atomic E-state index is 11.1. The summed E-state index contributed by atoms with van der Waals surface area (Å²) < 4.78 is 4.56. The third-order valence-electron chi connectivity index (χ3n) is 2.25. The van der Waals surface area contributed by atoms with Crippen LogP contribution in [0.25, 0.3) is 11.2 Å². The number of hydrogen-bond donors (Lipinski definition) is 3. The number of nitrogens with one attached hydrogen (secondary N) is 3. The minimum atomic E-state index is -0.369. The van der Waals surface area contributed by atoms with E-state index in [0.29, 0.717) is 29.5 Å². The number of aromatic nitrogens is 4. The molecule has 2 rings (SSSR count). The van der Waals surface area contributed by atoms with E-state index in [0.717, 1.165) is 0 Å². The van der Waals surface area contributed by atoms with Crippen molar-refractivity contribution in [1.29, 1.82) is 0 Å². The molecule has 0 unspecified atom stereocenters. The minimum absolute atomic E-state index is 0.0349. The number of esters is 1. The van der Waals surface area contributed by atoms with E-state index in [2.05, 4.69) is 35.3 Å². The minimum Gasteiger partial charge on any atom is -0.468 e. The van der Waals surface area contributed by atoms with Crippen LogP contribution >= 0.6 is 0 Å². The summed E-state index contributed by atoms with van der Waals surface area (Å²) in [5.41, 5.74) is 1.19. The van der Waals surface area contributed by atoms with Crippen LogP contribution in [0, 0.1) is 0 Å². The van der Waals surface area contributed by atoms with Gasteiger partial charge in [-0.05, 0) is 6.92 Å². The summed E-state index contributed by atoms with van der Waals surface area (Å²) in [6, 6.07) is 0. The van der Waals surface area contributed by atoms with Gasteiger partial charge in [-0.25, -0.2) is 4.98 Å². The molecule has 96 valence electrons. The molecule has 8 nitrogen and oxygen atoms in total. The molecular formula is C10H14N6O2. The molecule has 18 heavy (non-hydrogen) atoms. The fraction of sp³-hybridized carbons (Fsp3) is 0.400. The normalized spacial score (nSPS) is 10.3. The molecule has 2 aromatic rings. The lowest BCUT2D eigenvalue weighted by Crippen LogP contribution is -2.16. The molecule has 0 fully saturated rings. The highest BCUT2D eigenvalue weighted by atomic mass is 16.5. The van der Waals surface area contributed by atoms with Gasteiger partial charge in [-0.15, -0.1) is 0 Å². The Labute approximate surface area is 103 Å². The summed E-state index contributed by atoms with van der Waals surface area (Å²) in [4.78, 5) is 26.6. The molecule has 0 aromatic carbocycles. The fourth-order valence-corrected chi connectivity index (χ4v) is 1.43. The molecule has 0 aliphatic rings. The van der Waals surface area contributed by atoms with Crippen LogP contribution in [0.1, 0.15) is 6.92 Å². The lowest BCUT2D eigenvalue weighted by atomic mass is 10.4. The van der Waals surface area contributed by atoms with Gasteiger partial charge in [0, 0.05) is 6.54 Å². The third-order valence-corrected chi connectivity index (χ3v) is 2.25. The first-order valence-electron chi connectivity index (χ1n) is 5.50. The van der Waals surface area contributed by atoms with E-state index in [4.69, 9.17) is 0 Å². The summed E-state index contributed by atoms with van der Waals surface area (Å²) in [6.07, 6.45) is 1.53. The van der Waals surface area contributed by atoms with Gasteiger partial charge in [0.25, 0.3) is 0 Å². The van der Waals surface area contributed by atoms with Crippen molar-refractivity contribution in [1.82, 2.24) is 19.9 Å². The Hall–Kier alpha value is -2.38. The standard InChI is InChI=1S/C10H14N6O2/c1-3-11-10-15-8(12-4-6(17)18-2)7-9(16-10)14-5-13-7/h5H,3-4H2,1-2H3,(H3,11,12,13,14,15,16). The molecule has 0 saturated heterocycles. The number of hydrogen-bond acceptors (Lipinski definition) is 7. The van der Waals surface area contributed by atoms with Gasteiger partial charge >= 0.3 is 5.97 Å². The average Bonchev–Trinajstić information content (AvgIpc) is 2.84. The van der Waals surface area contributed by atoms with Gasteiger partial charge in [-0.1, -0.05) is 0 Å². The second-order valence-corrected chi connectivity index (χ2v) is 3.46. The zero-order valence-electron chi connectivity index (χ0n) is 10.1. The van der Waals surface area contributed by atoms with E-state index in [1.165, 1.54) is 13.4 Å². The molecule has 8 heteroatoms. The number of rotatable bonds is 5. The summed E-state index contributed by atoms with van der Waals surface area (Å²) >= 11 is 0. The number of imidazole rings is 1. The van der Waals surface area contributed by atoms with Crippen molar-refractivity contribution >= 4 is 28.9 Å². The molecule has 2 aromatic heterocycles. The Morgan fingerprint density at radius 1 is 1.44 bits per heavy atom. The molecule has 0 atom stereocenters. The number of H-pyrrole nitrogens is 1. The van der Waals surface area contributed by atoms with Crippen LogP contribution in [0.3, 0.4) is 0 Å². The second kappa shape index (κ2) is 5.30. The van der Waals surface area contributed by atoms with Gasteiger partial charge in [-0.2, -0.15) is 9.97 Å². The van der Waals surface area contributed by atoms with E-state index in [1.807, 2.05) is 6.92 Å². The number of fused-ring (bicyclic) bond motifs is 1. The molecule has 0 aliphatic heterocycles. The predicted octanol–water partition coefficient (Wildman–Crippen LogP) is 0.370. The Bertz CT molecular complexity index is 552. The van der Waals surface area contributed by atoms with Crippen LogP contribution in [0.4, 0.5) is 11.8 Å². The summed E-state index contributed by atoms with van der Waals surface area (Å²) in [7, 11) is 1.33. The van der Waals surface area contributed by atoms with E-state index in [9.17, 15) is 4.79 Å². The largest absolute Gasteiger partial charge is 0.468 e. The predicted molar refractivity (Wildman–Crippen MR) is 66.4 cm³/mol. The number of carbonyl (C=O) groups is 1. The fourth-order valence-electron chi connectivity index (χ4n) is 1.43. The van der Waals surface area contributed by atoms with Crippen molar-refractivity contribution in [2.75, 3.05) is 30.8 Å². The van der Waals surface area contributed by atoms with Crippen LogP contribution in [0.5, 0.6) is 0 Å². The highest BCUT2D eigenvalue weighted by Gasteiger charge is 2.10. The van der Waals surface area contributed by atoms with Gasteiger partial charge in [0.2, 0.25) is 5.95 Å². The Morgan fingerprint density at radius 3 is 3.00 bits per heavy atom. The quantitative estimate of drug-likeness (QED) is 0.658. The second-order valence-electron chi connectivity index (χ2n) is 3.46. The zero-order chi connectivity index (χ0) is 13.0. The average molecular weight is 250 g/mol. The van der Waals surface area contributed by atoms with Gasteiger partial charge in [0.15, 0.2) is 11.5 Å². The number of aromatic amines is 1. The van der Waals surface area contributed by atoms with Crippen LogP contribution < -0.4 is 10.6 Å². The Balaban J connectivity index is 2.28. The van der Waals surface area contributed by atoms with Crippen LogP contribution in [-0.2, 0) is 9.53 Å². The molecular weight excluding hydrogens is 236 g/mol. The van der Waals surface area contributed by atoms with E-state index in [-0.39, 0.29) is 12.5 Å². The third kappa shape index (κ3) is 2.47. The highest BCUT2D eigenvalue weighted by molar-refractivity contribution is 5.85. The maximum absolute atomic E-state index is 11.1. The number of ether oxygens (including phenoxy) is 1. The number of carbonyl (C=O) groups excluding carboxylic acids is 1. The van der Waals surface area contributed by atoms with Crippen molar-refractivity contribution in [3.8, 4) is 0 Å². The monoisotopic (exact) mass is 250 g/mol. The topological polar surface area (TPSA) is 105 Å². The number of nitrogens with zero attached hydrogens (tertiary/aromatic N) is 3. The molecule has 0 radical (unpaired) electrons. The smallest absolute Gasteiger partial charge is 0.325 e. The van der Waals surface area contributed by atoms with Crippen LogP contribution in [-0.4, -0.2) is 46.1 Å². The first kappa shape index (κ1) is 12.1. The van der Waals surface area contributed by atoms with Gasteiger partial charge < -0.3 is 20.4 Å². The Morgan fingerprint density at radius 2 is 2.28 bits per heavy atom. The van der Waals surface area contributed by atoms with Crippen molar-refractivity contribution < 1.29 is 9.53 Å². The number of methoxy groups -OCH3 is 1. The van der Waals surface area contributed by atoms with Crippen LogP contribution in [0.2, 0.25) is 0 Å². The summed E-state index contributed by atoms with van der Waals surface area (Å²) in [5.74, 6) is 0.606. The van der Waals surface area contributed by atoms with Gasteiger partial charge in [0.1, 0.15) is 12.1 Å². The zero-order valence-corrected chi connectivity index (χ0v) is 10.1. The van der Waals surface area contributed by atoms with Gasteiger partial charge in [0.05, 0.1) is 13.4 Å². The Kier molecular flexibility index (Phi) is 3.56. The van der Waals surface area contributed by atoms with Crippen molar-refractivity contribution in [2.45, 2.75) is 6.92 Å². The van der Waals surface area contributed by atoms with E-state index >= 15 is 0 Å². The SMILES string of the molecule is CCNc1nc(NCC(=O)OC)c2[nH]cnc2n1. The molecule has 0 saturated carbocycles. The first-order valence-corrected chi connectivity index (χ1v) is 5.50. The molecule has 2 heterocycles. The lowest BCUT2D eigenvalue weighted by Gasteiger charge is -2.07. The van der Waals surface area contributed by atoms with Gasteiger partial charge in [-0.3, -0.25) is 4.79 Å². The molecule has 0 spiro atoms. The molecule has 0 aliphatic carbocycles.